The van der Waals surface area contributed by atoms with Crippen molar-refractivity contribution in [3.8, 4) is 17.2 Å². The van der Waals surface area contributed by atoms with E-state index < -0.39 is 11.8 Å². The van der Waals surface area contributed by atoms with Crippen LogP contribution in [0.25, 0.3) is 0 Å². The van der Waals surface area contributed by atoms with Gasteiger partial charge in [0.2, 0.25) is 0 Å². The summed E-state index contributed by atoms with van der Waals surface area (Å²) in [7, 11) is 0. The Bertz CT molecular complexity index is 1060. The minimum atomic E-state index is -0.543. The second-order valence-corrected chi connectivity index (χ2v) is 6.05. The van der Waals surface area contributed by atoms with Crippen molar-refractivity contribution in [1.82, 2.24) is 0 Å². The molecule has 0 spiro atoms. The number of benzene rings is 3. The Morgan fingerprint density at radius 1 is 0.929 bits per heavy atom. The first kappa shape index (κ1) is 17.5. The zero-order chi connectivity index (χ0) is 19.3. The van der Waals surface area contributed by atoms with Crippen LogP contribution in [0.15, 0.2) is 83.9 Å². The Hall–Kier alpha value is -3.93. The van der Waals surface area contributed by atoms with E-state index >= 15 is 0 Å². The molecule has 0 saturated heterocycles. The topological polar surface area (TPSA) is 77.0 Å². The molecule has 0 bridgehead atoms. The van der Waals surface area contributed by atoms with E-state index in [1.807, 2.05) is 30.3 Å². The molecule has 0 fully saturated rings. The van der Waals surface area contributed by atoms with Gasteiger partial charge < -0.3 is 14.8 Å². The van der Waals surface area contributed by atoms with Crippen LogP contribution in [0.2, 0.25) is 0 Å². The fourth-order valence-electron chi connectivity index (χ4n) is 2.69. The number of hydrogen-bond acceptors (Lipinski definition) is 4. The maximum atomic E-state index is 12.6. The summed E-state index contributed by atoms with van der Waals surface area (Å²) in [5, 5.41) is 2.70. The van der Waals surface area contributed by atoms with E-state index in [9.17, 15) is 9.59 Å². The molecule has 0 radical (unpaired) electrons. The maximum absolute atomic E-state index is 12.6. The molecular formula is C22H16N2O4. The highest BCUT2D eigenvalue weighted by molar-refractivity contribution is 6.45. The summed E-state index contributed by atoms with van der Waals surface area (Å²) in [5.74, 6) is 0.693. The smallest absolute Gasteiger partial charge is 0.277 e. The average molecular weight is 372 g/mol. The third-order valence-electron chi connectivity index (χ3n) is 4.06. The quantitative estimate of drug-likeness (QED) is 0.751. The average Bonchev–Trinajstić information content (AvgIpc) is 2.88. The van der Waals surface area contributed by atoms with Crippen LogP contribution in [0.4, 0.5) is 5.69 Å². The minimum Gasteiger partial charge on any atom is -0.485 e. The first-order valence-corrected chi connectivity index (χ1v) is 8.67. The number of ether oxygens (including phenoxy) is 2. The Kier molecular flexibility index (Phi) is 4.84. The zero-order valence-electron chi connectivity index (χ0n) is 14.8. The second kappa shape index (κ2) is 7.75. The number of nitrogens with zero attached hydrogens (tertiary/aromatic N) is 1. The molecular weight excluding hydrogens is 356 g/mol. The number of carbonyl (C=O) groups excluding carboxylic acids is 2. The second-order valence-electron chi connectivity index (χ2n) is 6.05. The highest BCUT2D eigenvalue weighted by Gasteiger charge is 2.21. The van der Waals surface area contributed by atoms with Crippen LogP contribution in [-0.2, 0) is 4.79 Å². The molecule has 1 aliphatic rings. The number of hydrogen-bond donors (Lipinski definition) is 1. The van der Waals surface area contributed by atoms with E-state index in [0.717, 1.165) is 0 Å². The van der Waals surface area contributed by atoms with Gasteiger partial charge >= 0.3 is 0 Å². The van der Waals surface area contributed by atoms with Gasteiger partial charge in [-0.3, -0.25) is 9.59 Å². The van der Waals surface area contributed by atoms with Gasteiger partial charge in [0.25, 0.3) is 11.8 Å². The van der Waals surface area contributed by atoms with Crippen LogP contribution >= 0.6 is 0 Å². The molecule has 0 aliphatic carbocycles. The Morgan fingerprint density at radius 2 is 1.68 bits per heavy atom. The molecule has 3 aromatic carbocycles. The van der Waals surface area contributed by atoms with Gasteiger partial charge in [0.05, 0.1) is 5.69 Å². The maximum Gasteiger partial charge on any atom is 0.277 e. The van der Waals surface area contributed by atoms with Crippen LogP contribution < -0.4 is 14.8 Å². The molecule has 0 saturated carbocycles. The fraction of sp³-hybridized carbons (Fsp3) is 0.0455. The summed E-state index contributed by atoms with van der Waals surface area (Å²) in [6, 6.07) is 23.0. The van der Waals surface area contributed by atoms with Crippen molar-refractivity contribution in [2.24, 2.45) is 4.99 Å². The fourth-order valence-corrected chi connectivity index (χ4v) is 2.69. The van der Waals surface area contributed by atoms with E-state index in [-0.39, 0.29) is 12.3 Å². The van der Waals surface area contributed by atoms with Crippen molar-refractivity contribution in [2.45, 2.75) is 0 Å². The van der Waals surface area contributed by atoms with Crippen LogP contribution in [0.1, 0.15) is 10.4 Å². The highest BCUT2D eigenvalue weighted by atomic mass is 16.5. The normalized spacial score (nSPS) is 14.4. The van der Waals surface area contributed by atoms with Gasteiger partial charge in [-0.2, -0.15) is 0 Å². The summed E-state index contributed by atoms with van der Waals surface area (Å²) < 4.78 is 11.3. The summed E-state index contributed by atoms with van der Waals surface area (Å²) in [5.41, 5.74) is 0.870. The molecule has 4 rings (SSSR count). The SMILES string of the molecule is O=C1Nc2ccccc2OCC1=NC(=O)c1cccc(Oc2ccccc2)c1. The van der Waals surface area contributed by atoms with Crippen molar-refractivity contribution >= 4 is 23.2 Å². The Morgan fingerprint density at radius 3 is 2.54 bits per heavy atom. The number of rotatable bonds is 3. The van der Waals surface area contributed by atoms with Gasteiger partial charge in [-0.05, 0) is 42.5 Å². The van der Waals surface area contributed by atoms with Gasteiger partial charge in [-0.1, -0.05) is 36.4 Å². The molecule has 1 N–H and O–H groups in total. The lowest BCUT2D eigenvalue weighted by molar-refractivity contribution is -0.110. The lowest BCUT2D eigenvalue weighted by Gasteiger charge is -2.06. The minimum absolute atomic E-state index is 0.00980. The van der Waals surface area contributed by atoms with Crippen LogP contribution in [0.5, 0.6) is 17.2 Å². The number of para-hydroxylation sites is 3. The van der Waals surface area contributed by atoms with Gasteiger partial charge in [-0.15, -0.1) is 0 Å². The van der Waals surface area contributed by atoms with Crippen molar-refractivity contribution in [3.63, 3.8) is 0 Å². The molecule has 0 aromatic heterocycles. The molecule has 1 heterocycles. The van der Waals surface area contributed by atoms with E-state index in [1.54, 1.807) is 48.5 Å². The van der Waals surface area contributed by atoms with E-state index in [1.165, 1.54) is 0 Å². The monoisotopic (exact) mass is 372 g/mol. The predicted octanol–water partition coefficient (Wildman–Crippen LogP) is 4.09. The van der Waals surface area contributed by atoms with E-state index in [0.29, 0.717) is 28.5 Å². The summed E-state index contributed by atoms with van der Waals surface area (Å²) in [6.45, 7) is -0.0885. The van der Waals surface area contributed by atoms with Gasteiger partial charge in [0.1, 0.15) is 29.6 Å². The summed E-state index contributed by atoms with van der Waals surface area (Å²) in [6.07, 6.45) is 0. The summed E-state index contributed by atoms with van der Waals surface area (Å²) in [4.78, 5) is 28.9. The first-order chi connectivity index (χ1) is 13.7. The molecule has 6 nitrogen and oxygen atoms in total. The standard InChI is InChI=1S/C22H16N2O4/c25-21(15-7-6-10-17(13-15)28-16-8-2-1-3-9-16)24-19-14-27-20-12-5-4-11-18(20)23-22(19)26/h1-13H,14H2,(H,23,26). The molecule has 6 heteroatoms. The Balaban J connectivity index is 1.53. The number of amides is 2. The van der Waals surface area contributed by atoms with E-state index in [2.05, 4.69) is 10.3 Å². The van der Waals surface area contributed by atoms with E-state index in [4.69, 9.17) is 9.47 Å². The molecule has 0 atom stereocenters. The third kappa shape index (κ3) is 3.91. The summed E-state index contributed by atoms with van der Waals surface area (Å²) >= 11 is 0. The molecule has 138 valence electrons. The van der Waals surface area contributed by atoms with Gasteiger partial charge in [-0.25, -0.2) is 4.99 Å². The number of fused-ring (bicyclic) bond motifs is 1. The van der Waals surface area contributed by atoms with Gasteiger partial charge in [0.15, 0.2) is 0 Å². The number of nitrogens with one attached hydrogen (secondary N) is 1. The van der Waals surface area contributed by atoms with Crippen molar-refractivity contribution in [3.05, 3.63) is 84.4 Å². The van der Waals surface area contributed by atoms with Crippen molar-refractivity contribution < 1.29 is 19.1 Å². The van der Waals surface area contributed by atoms with Crippen molar-refractivity contribution in [1.29, 1.82) is 0 Å². The molecule has 1 aliphatic heterocycles. The number of carbonyl (C=O) groups is 2. The Labute approximate surface area is 161 Å². The number of anilines is 1. The predicted molar refractivity (Wildman–Crippen MR) is 105 cm³/mol. The first-order valence-electron chi connectivity index (χ1n) is 8.67. The third-order valence-corrected chi connectivity index (χ3v) is 4.06. The molecule has 3 aromatic rings. The van der Waals surface area contributed by atoms with Crippen LogP contribution in [-0.4, -0.2) is 24.1 Å². The van der Waals surface area contributed by atoms with Crippen LogP contribution in [0.3, 0.4) is 0 Å². The number of aliphatic imine (C=N–C) groups is 1. The largest absolute Gasteiger partial charge is 0.485 e. The zero-order valence-corrected chi connectivity index (χ0v) is 14.8. The van der Waals surface area contributed by atoms with Crippen LogP contribution in [0, 0.1) is 0 Å². The highest BCUT2D eigenvalue weighted by Crippen LogP contribution is 2.26. The lowest BCUT2D eigenvalue weighted by Crippen LogP contribution is -2.26. The molecule has 0 unspecified atom stereocenters. The molecule has 28 heavy (non-hydrogen) atoms. The van der Waals surface area contributed by atoms with Gasteiger partial charge in [0, 0.05) is 5.56 Å². The van der Waals surface area contributed by atoms with Crippen molar-refractivity contribution in [2.75, 3.05) is 11.9 Å². The molecule has 2 amide bonds. The lowest BCUT2D eigenvalue weighted by atomic mass is 10.2.